The Morgan fingerprint density at radius 1 is 0.974 bits per heavy atom. The minimum atomic E-state index is -2.74. The number of benzene rings is 1. The van der Waals surface area contributed by atoms with Crippen molar-refractivity contribution in [2.45, 2.75) is 38.0 Å². The maximum Gasteiger partial charge on any atom is 0.336 e. The Balaban J connectivity index is 0.000000332. The first-order chi connectivity index (χ1) is 18.0. The molecular weight excluding hydrogens is 518 g/mol. The lowest BCUT2D eigenvalue weighted by Gasteiger charge is -2.22. The summed E-state index contributed by atoms with van der Waals surface area (Å²) in [5.74, 6) is -5.02. The zero-order valence-electron chi connectivity index (χ0n) is 20.8. The topological polar surface area (TPSA) is 170 Å². The van der Waals surface area contributed by atoms with Crippen LogP contribution in [-0.2, 0) is 32.2 Å². The van der Waals surface area contributed by atoms with Crippen molar-refractivity contribution in [3.05, 3.63) is 71.1 Å². The molecule has 0 aliphatic rings. The van der Waals surface area contributed by atoms with Crippen molar-refractivity contribution in [3.63, 3.8) is 0 Å². The number of halogens is 1. The minimum Gasteiger partial charge on any atom is -0.481 e. The Kier molecular flexibility index (Phi) is 12.0. The number of aromatic nitrogens is 2. The van der Waals surface area contributed by atoms with Crippen LogP contribution in [0.2, 0.25) is 5.02 Å². The summed E-state index contributed by atoms with van der Waals surface area (Å²) >= 11 is 6.19. The van der Waals surface area contributed by atoms with Crippen LogP contribution in [-0.4, -0.2) is 79.1 Å². The van der Waals surface area contributed by atoms with Crippen molar-refractivity contribution in [3.8, 4) is 0 Å². The molecule has 38 heavy (non-hydrogen) atoms. The molecule has 2 heterocycles. The number of carboxylic acid groups (broad SMARTS) is 3. The molecule has 12 heteroatoms. The van der Waals surface area contributed by atoms with Crippen LogP contribution >= 0.6 is 11.6 Å². The summed E-state index contributed by atoms with van der Waals surface area (Å²) < 4.78 is 5.21. The van der Waals surface area contributed by atoms with Crippen LogP contribution in [0, 0.1) is 0 Å². The monoisotopic (exact) mass is 547 g/mol. The van der Waals surface area contributed by atoms with E-state index in [-0.39, 0.29) is 0 Å². The number of nitrogens with zero attached hydrogens (tertiary/aromatic N) is 3. The van der Waals surface area contributed by atoms with Crippen molar-refractivity contribution in [1.82, 2.24) is 14.9 Å². The molecule has 0 bridgehead atoms. The van der Waals surface area contributed by atoms with Crippen molar-refractivity contribution in [1.29, 1.82) is 0 Å². The van der Waals surface area contributed by atoms with Gasteiger partial charge in [0.05, 0.1) is 24.1 Å². The summed E-state index contributed by atoms with van der Waals surface area (Å²) in [7, 11) is 1.74. The number of aliphatic hydroxyl groups is 1. The van der Waals surface area contributed by atoms with Crippen molar-refractivity contribution < 1.29 is 39.5 Å². The zero-order chi connectivity index (χ0) is 28.1. The third kappa shape index (κ3) is 10.0. The van der Waals surface area contributed by atoms with Gasteiger partial charge in [-0.25, -0.2) is 4.79 Å². The molecule has 0 fully saturated rings. The van der Waals surface area contributed by atoms with Gasteiger partial charge in [-0.05, 0) is 48.4 Å². The minimum absolute atomic E-state index is 0.734. The van der Waals surface area contributed by atoms with Crippen molar-refractivity contribution >= 4 is 40.4 Å². The molecule has 0 saturated heterocycles. The lowest BCUT2D eigenvalue weighted by Crippen LogP contribution is -2.42. The predicted molar refractivity (Wildman–Crippen MR) is 139 cm³/mol. The van der Waals surface area contributed by atoms with E-state index in [1.165, 1.54) is 5.56 Å². The zero-order valence-corrected chi connectivity index (χ0v) is 21.5. The first kappa shape index (κ1) is 30.6. The molecular formula is C26H30ClN3O8. The molecule has 0 saturated carbocycles. The fourth-order valence-electron chi connectivity index (χ4n) is 3.64. The van der Waals surface area contributed by atoms with Gasteiger partial charge in [0.15, 0.2) is 5.60 Å². The van der Waals surface area contributed by atoms with E-state index in [1.54, 1.807) is 7.11 Å². The van der Waals surface area contributed by atoms with Gasteiger partial charge in [-0.1, -0.05) is 17.7 Å². The molecule has 4 N–H and O–H groups in total. The number of ether oxygens (including phenoxy) is 1. The summed E-state index contributed by atoms with van der Waals surface area (Å²) in [5.41, 5.74) is 0.520. The number of carboxylic acids is 3. The fourth-order valence-corrected chi connectivity index (χ4v) is 3.81. The Morgan fingerprint density at radius 3 is 2.26 bits per heavy atom. The molecule has 0 amide bonds. The molecule has 0 aliphatic heterocycles. The second-order valence-corrected chi connectivity index (χ2v) is 8.92. The SMILES string of the molecule is COCCCN(Cc1ccccn1)Cc1ccnc2ccc(Cl)cc12.O=C(O)CC(O)(CC(=O)O)C(=O)O. The molecule has 0 aliphatic carbocycles. The van der Waals surface area contributed by atoms with Crippen LogP contribution in [0.25, 0.3) is 10.9 Å². The van der Waals surface area contributed by atoms with Crippen LogP contribution in [0.4, 0.5) is 0 Å². The molecule has 204 valence electrons. The van der Waals surface area contributed by atoms with Crippen LogP contribution < -0.4 is 0 Å². The van der Waals surface area contributed by atoms with Gasteiger partial charge in [0.2, 0.25) is 0 Å². The lowest BCUT2D eigenvalue weighted by atomic mass is 9.96. The fraction of sp³-hybridized carbons (Fsp3) is 0.346. The highest BCUT2D eigenvalue weighted by Gasteiger charge is 2.40. The van der Waals surface area contributed by atoms with Gasteiger partial charge in [0.25, 0.3) is 0 Å². The third-order valence-corrected chi connectivity index (χ3v) is 5.64. The van der Waals surface area contributed by atoms with Gasteiger partial charge in [0.1, 0.15) is 0 Å². The number of aliphatic carboxylic acids is 3. The normalized spacial score (nSPS) is 11.2. The molecule has 3 aromatic rings. The molecule has 0 unspecified atom stereocenters. The number of hydrogen-bond acceptors (Lipinski definition) is 8. The first-order valence-corrected chi connectivity index (χ1v) is 12.0. The lowest BCUT2D eigenvalue weighted by molar-refractivity contribution is -0.170. The summed E-state index contributed by atoms with van der Waals surface area (Å²) in [6, 6.07) is 13.9. The van der Waals surface area contributed by atoms with E-state index < -0.39 is 36.4 Å². The number of methoxy groups -OCH3 is 1. The largest absolute Gasteiger partial charge is 0.481 e. The number of fused-ring (bicyclic) bond motifs is 1. The van der Waals surface area contributed by atoms with Crippen molar-refractivity contribution in [2.24, 2.45) is 0 Å². The summed E-state index contributed by atoms with van der Waals surface area (Å²) in [6.45, 7) is 3.31. The maximum absolute atomic E-state index is 10.3. The van der Waals surface area contributed by atoms with Gasteiger partial charge in [-0.2, -0.15) is 0 Å². The predicted octanol–water partition coefficient (Wildman–Crippen LogP) is 3.07. The first-order valence-electron chi connectivity index (χ1n) is 11.6. The number of hydrogen-bond donors (Lipinski definition) is 4. The molecule has 1 aromatic carbocycles. The highest BCUT2D eigenvalue weighted by Crippen LogP contribution is 2.23. The smallest absolute Gasteiger partial charge is 0.336 e. The third-order valence-electron chi connectivity index (χ3n) is 5.41. The standard InChI is InChI=1S/C20H22ClN3O.C6H8O7/c1-25-12-4-11-24(15-18-5-2-3-9-22-18)14-16-8-10-23-20-7-6-17(21)13-19(16)20;7-3(8)1-6(13,5(11)12)2-4(9)10/h2-3,5-10,13H,4,11-12,14-15H2,1H3;13H,1-2H2,(H,7,8)(H,9,10)(H,11,12). The molecule has 2 aromatic heterocycles. The highest BCUT2D eigenvalue weighted by atomic mass is 35.5. The average Bonchev–Trinajstić information content (AvgIpc) is 2.84. The highest BCUT2D eigenvalue weighted by molar-refractivity contribution is 6.31. The molecule has 11 nitrogen and oxygen atoms in total. The van der Waals surface area contributed by atoms with E-state index in [0.29, 0.717) is 0 Å². The van der Waals surface area contributed by atoms with Gasteiger partial charge >= 0.3 is 17.9 Å². The number of carbonyl (C=O) groups is 3. The van der Waals surface area contributed by atoms with Crippen LogP contribution in [0.3, 0.4) is 0 Å². The summed E-state index contributed by atoms with van der Waals surface area (Å²) in [6.07, 6.45) is 2.39. The molecule has 3 rings (SSSR count). The molecule has 0 radical (unpaired) electrons. The van der Waals surface area contributed by atoms with Crippen LogP contribution in [0.5, 0.6) is 0 Å². The quantitative estimate of drug-likeness (QED) is 0.232. The van der Waals surface area contributed by atoms with Gasteiger partial charge in [-0.3, -0.25) is 24.5 Å². The molecule has 0 spiro atoms. The summed E-state index contributed by atoms with van der Waals surface area (Å²) in [5, 5.41) is 35.6. The van der Waals surface area contributed by atoms with Gasteiger partial charge in [0, 0.05) is 56.2 Å². The maximum atomic E-state index is 10.3. The van der Waals surface area contributed by atoms with Crippen molar-refractivity contribution in [2.75, 3.05) is 20.3 Å². The second kappa shape index (κ2) is 14.9. The van der Waals surface area contributed by atoms with Gasteiger partial charge in [-0.15, -0.1) is 0 Å². The number of pyridine rings is 2. The second-order valence-electron chi connectivity index (χ2n) is 8.49. The summed E-state index contributed by atoms with van der Waals surface area (Å²) in [4.78, 5) is 41.8. The Morgan fingerprint density at radius 2 is 1.68 bits per heavy atom. The van der Waals surface area contributed by atoms with Gasteiger partial charge < -0.3 is 25.2 Å². The van der Waals surface area contributed by atoms with Crippen LogP contribution in [0.15, 0.2) is 54.9 Å². The van der Waals surface area contributed by atoms with E-state index in [4.69, 9.17) is 36.8 Å². The van der Waals surface area contributed by atoms with E-state index in [2.05, 4.69) is 27.0 Å². The van der Waals surface area contributed by atoms with E-state index in [1.807, 2.05) is 42.7 Å². The average molecular weight is 548 g/mol. The van der Waals surface area contributed by atoms with E-state index in [0.717, 1.165) is 54.3 Å². The molecule has 0 atom stereocenters. The Bertz CT molecular complexity index is 1210. The van der Waals surface area contributed by atoms with Crippen LogP contribution in [0.1, 0.15) is 30.5 Å². The Labute approximate surface area is 224 Å². The number of rotatable bonds is 13. The Hall–Kier alpha value is -3.64. The van der Waals surface area contributed by atoms with E-state index in [9.17, 15) is 14.4 Å². The van der Waals surface area contributed by atoms with E-state index >= 15 is 0 Å².